The molecule has 1 amide bonds. The van der Waals surface area contributed by atoms with Crippen LogP contribution in [0.25, 0.3) is 0 Å². The summed E-state index contributed by atoms with van der Waals surface area (Å²) in [5, 5.41) is 3.17. The predicted octanol–water partition coefficient (Wildman–Crippen LogP) is 2.77. The minimum absolute atomic E-state index is 0.0426. The van der Waals surface area contributed by atoms with Crippen LogP contribution in [0.3, 0.4) is 0 Å². The number of hydrogen-bond donors (Lipinski definition) is 2. The molecule has 0 unspecified atom stereocenters. The molecule has 1 aliphatic rings. The van der Waals surface area contributed by atoms with Crippen LogP contribution in [0.5, 0.6) is 0 Å². The average molecular weight is 325 g/mol. The summed E-state index contributed by atoms with van der Waals surface area (Å²) >= 11 is 3.45. The second kappa shape index (κ2) is 6.53. The highest BCUT2D eigenvalue weighted by Crippen LogP contribution is 2.31. The fraction of sp³-hybridized carbons (Fsp3) is 0.533. The molecule has 0 aliphatic heterocycles. The largest absolute Gasteiger partial charge is 0.349 e. The van der Waals surface area contributed by atoms with Gasteiger partial charge < -0.3 is 11.1 Å². The van der Waals surface area contributed by atoms with E-state index in [4.69, 9.17) is 5.73 Å². The third kappa shape index (κ3) is 4.05. The van der Waals surface area contributed by atoms with E-state index in [-0.39, 0.29) is 18.0 Å². The Bertz CT molecular complexity index is 424. The number of halogens is 1. The Kier molecular flexibility index (Phi) is 4.99. The highest BCUT2D eigenvalue weighted by Gasteiger charge is 2.33. The van der Waals surface area contributed by atoms with E-state index in [1.807, 2.05) is 0 Å². The number of hydrogen-bond acceptors (Lipinski definition) is 2. The van der Waals surface area contributed by atoms with E-state index in [9.17, 15) is 4.79 Å². The highest BCUT2D eigenvalue weighted by molar-refractivity contribution is 9.10. The third-order valence-corrected chi connectivity index (χ3v) is 4.39. The molecule has 0 spiro atoms. The van der Waals surface area contributed by atoms with Gasteiger partial charge in [0.25, 0.3) is 0 Å². The van der Waals surface area contributed by atoms with Crippen molar-refractivity contribution < 1.29 is 4.79 Å². The van der Waals surface area contributed by atoms with Gasteiger partial charge in [-0.3, -0.25) is 4.79 Å². The topological polar surface area (TPSA) is 55.1 Å². The van der Waals surface area contributed by atoms with Crippen molar-refractivity contribution in [3.05, 3.63) is 34.3 Å². The van der Waals surface area contributed by atoms with Crippen LogP contribution < -0.4 is 11.1 Å². The van der Waals surface area contributed by atoms with Gasteiger partial charge in [0.05, 0.1) is 6.54 Å². The molecule has 104 valence electrons. The van der Waals surface area contributed by atoms with Crippen LogP contribution in [0.2, 0.25) is 0 Å². The first-order valence-electron chi connectivity index (χ1n) is 6.89. The zero-order valence-electron chi connectivity index (χ0n) is 11.1. The van der Waals surface area contributed by atoms with Crippen LogP contribution in [-0.2, 0) is 11.2 Å². The fourth-order valence-electron chi connectivity index (χ4n) is 2.91. The average Bonchev–Trinajstić information content (AvgIpc) is 2.42. The Hall–Kier alpha value is -0.870. The number of nitrogens with two attached hydrogens (primary N) is 1. The minimum Gasteiger partial charge on any atom is -0.349 e. The van der Waals surface area contributed by atoms with Gasteiger partial charge in [0, 0.05) is 10.0 Å². The zero-order chi connectivity index (χ0) is 13.7. The monoisotopic (exact) mass is 324 g/mol. The van der Waals surface area contributed by atoms with Gasteiger partial charge in [-0.15, -0.1) is 0 Å². The van der Waals surface area contributed by atoms with Crippen molar-refractivity contribution in [2.45, 2.75) is 44.1 Å². The standard InChI is InChI=1S/C15H21BrN2O/c16-13-6-4-12(5-7-13)10-15(18-14(19)11-17)8-2-1-3-9-15/h4-7H,1-3,8-11,17H2,(H,18,19). The Balaban J connectivity index is 2.12. The molecule has 1 aliphatic carbocycles. The number of amides is 1. The maximum Gasteiger partial charge on any atom is 0.234 e. The van der Waals surface area contributed by atoms with Crippen LogP contribution >= 0.6 is 15.9 Å². The van der Waals surface area contributed by atoms with E-state index < -0.39 is 0 Å². The first-order chi connectivity index (χ1) is 9.13. The molecule has 1 saturated carbocycles. The Labute approximate surface area is 123 Å². The Morgan fingerprint density at radius 1 is 1.21 bits per heavy atom. The summed E-state index contributed by atoms with van der Waals surface area (Å²) in [7, 11) is 0. The maximum atomic E-state index is 11.7. The second-order valence-corrected chi connectivity index (χ2v) is 6.31. The first-order valence-corrected chi connectivity index (χ1v) is 7.68. The molecule has 0 radical (unpaired) electrons. The van der Waals surface area contributed by atoms with Crippen LogP contribution in [0.15, 0.2) is 28.7 Å². The van der Waals surface area contributed by atoms with Crippen molar-refractivity contribution in [2.24, 2.45) is 5.73 Å². The summed E-state index contributed by atoms with van der Waals surface area (Å²) in [6.45, 7) is 0.0715. The molecule has 1 fully saturated rings. The number of rotatable bonds is 4. The lowest BCUT2D eigenvalue weighted by Crippen LogP contribution is -2.53. The lowest BCUT2D eigenvalue weighted by atomic mass is 9.77. The van der Waals surface area contributed by atoms with E-state index in [0.29, 0.717) is 0 Å². The van der Waals surface area contributed by atoms with E-state index in [1.54, 1.807) is 0 Å². The molecule has 0 saturated heterocycles. The van der Waals surface area contributed by atoms with Gasteiger partial charge in [-0.05, 0) is 37.0 Å². The first kappa shape index (κ1) is 14.5. The third-order valence-electron chi connectivity index (χ3n) is 3.86. The van der Waals surface area contributed by atoms with E-state index in [1.165, 1.54) is 24.8 Å². The lowest BCUT2D eigenvalue weighted by molar-refractivity contribution is -0.122. The molecule has 2 rings (SSSR count). The lowest BCUT2D eigenvalue weighted by Gasteiger charge is -2.38. The number of benzene rings is 1. The van der Waals surface area contributed by atoms with Gasteiger partial charge in [-0.2, -0.15) is 0 Å². The fourth-order valence-corrected chi connectivity index (χ4v) is 3.18. The smallest absolute Gasteiger partial charge is 0.234 e. The van der Waals surface area contributed by atoms with Crippen LogP contribution in [-0.4, -0.2) is 18.0 Å². The normalized spacial score (nSPS) is 18.0. The molecular weight excluding hydrogens is 304 g/mol. The summed E-state index contributed by atoms with van der Waals surface area (Å²) in [5.74, 6) is -0.0426. The molecule has 0 atom stereocenters. The van der Waals surface area contributed by atoms with E-state index >= 15 is 0 Å². The summed E-state index contributed by atoms with van der Waals surface area (Å²) in [6, 6.07) is 8.34. The SMILES string of the molecule is NCC(=O)NC1(Cc2ccc(Br)cc2)CCCCC1. The van der Waals surface area contributed by atoms with Gasteiger partial charge in [-0.1, -0.05) is 47.3 Å². The summed E-state index contributed by atoms with van der Waals surface area (Å²) in [5.41, 5.74) is 6.61. The zero-order valence-corrected chi connectivity index (χ0v) is 12.7. The molecule has 0 heterocycles. The van der Waals surface area contributed by atoms with Crippen molar-refractivity contribution in [2.75, 3.05) is 6.54 Å². The van der Waals surface area contributed by atoms with Crippen LogP contribution in [0, 0.1) is 0 Å². The van der Waals surface area contributed by atoms with Gasteiger partial charge in [0.15, 0.2) is 0 Å². The number of carbonyl (C=O) groups is 1. The highest BCUT2D eigenvalue weighted by atomic mass is 79.9. The Morgan fingerprint density at radius 3 is 2.42 bits per heavy atom. The van der Waals surface area contributed by atoms with Gasteiger partial charge >= 0.3 is 0 Å². The molecular formula is C15H21BrN2O. The maximum absolute atomic E-state index is 11.7. The molecule has 1 aromatic carbocycles. The molecule has 3 N–H and O–H groups in total. The van der Waals surface area contributed by atoms with Gasteiger partial charge in [0.1, 0.15) is 0 Å². The second-order valence-electron chi connectivity index (χ2n) is 5.40. The molecule has 19 heavy (non-hydrogen) atoms. The summed E-state index contributed by atoms with van der Waals surface area (Å²) < 4.78 is 1.08. The van der Waals surface area contributed by atoms with Crippen LogP contribution in [0.4, 0.5) is 0 Å². The van der Waals surface area contributed by atoms with E-state index in [2.05, 4.69) is 45.5 Å². The number of nitrogens with one attached hydrogen (secondary N) is 1. The van der Waals surface area contributed by atoms with Crippen molar-refractivity contribution in [1.29, 1.82) is 0 Å². The molecule has 0 aromatic heterocycles. The predicted molar refractivity (Wildman–Crippen MR) is 80.9 cm³/mol. The number of carbonyl (C=O) groups excluding carboxylic acids is 1. The van der Waals surface area contributed by atoms with Gasteiger partial charge in [0.2, 0.25) is 5.91 Å². The van der Waals surface area contributed by atoms with Crippen molar-refractivity contribution >= 4 is 21.8 Å². The summed E-state index contributed by atoms with van der Waals surface area (Å²) in [4.78, 5) is 11.7. The van der Waals surface area contributed by atoms with Gasteiger partial charge in [-0.25, -0.2) is 0 Å². The molecule has 0 bridgehead atoms. The molecule has 1 aromatic rings. The summed E-state index contributed by atoms with van der Waals surface area (Å²) in [6.07, 6.45) is 6.62. The van der Waals surface area contributed by atoms with Crippen molar-refractivity contribution in [1.82, 2.24) is 5.32 Å². The molecule has 3 nitrogen and oxygen atoms in total. The quantitative estimate of drug-likeness (QED) is 0.894. The Morgan fingerprint density at radius 2 is 1.84 bits per heavy atom. The van der Waals surface area contributed by atoms with Crippen molar-refractivity contribution in [3.8, 4) is 0 Å². The molecule has 4 heteroatoms. The van der Waals surface area contributed by atoms with Crippen LogP contribution in [0.1, 0.15) is 37.7 Å². The van der Waals surface area contributed by atoms with Crippen molar-refractivity contribution in [3.63, 3.8) is 0 Å². The minimum atomic E-state index is -0.0947. The van der Waals surface area contributed by atoms with E-state index in [0.717, 1.165) is 23.7 Å².